The van der Waals surface area contributed by atoms with Crippen molar-refractivity contribution >= 4 is 6.41 Å². The molecule has 0 saturated carbocycles. The third-order valence-corrected chi connectivity index (χ3v) is 0.654. The number of hydrogen-bond acceptors (Lipinski definition) is 1. The van der Waals surface area contributed by atoms with E-state index in [9.17, 15) is 4.79 Å². The van der Waals surface area contributed by atoms with E-state index in [2.05, 4.69) is 11.1 Å². The third-order valence-electron chi connectivity index (χ3n) is 0.654. The summed E-state index contributed by atoms with van der Waals surface area (Å²) < 4.78 is 0. The van der Waals surface area contributed by atoms with Crippen molar-refractivity contribution in [2.45, 2.75) is 6.42 Å². The maximum absolute atomic E-state index is 9.55. The van der Waals surface area contributed by atoms with Crippen molar-refractivity contribution < 1.29 is 22.9 Å². The molecule has 0 aromatic carbocycles. The average molecular weight is 139 g/mol. The van der Waals surface area contributed by atoms with E-state index in [1.54, 1.807) is 0 Å². The molecule has 8 heavy (non-hydrogen) atoms. The fraction of sp³-hybridized carbons (Fsp3) is 0.750. The highest BCUT2D eigenvalue weighted by molar-refractivity contribution is 5.45. The van der Waals surface area contributed by atoms with Gasteiger partial charge in [0.05, 0.1) is 6.54 Å². The predicted octanol–water partition coefficient (Wildman–Crippen LogP) is -4.63. The molecule has 0 heterocycles. The van der Waals surface area contributed by atoms with Crippen molar-refractivity contribution in [1.29, 1.82) is 0 Å². The zero-order valence-corrected chi connectivity index (χ0v) is 5.45. The Morgan fingerprint density at radius 1 is 1.62 bits per heavy atom. The average Bonchev–Trinajstić information content (AvgIpc) is 1.69. The number of nitrogens with one attached hydrogen (secondary N) is 1. The lowest BCUT2D eigenvalue weighted by Crippen LogP contribution is -3.00. The Kier molecular flexibility index (Phi) is 13.1. The van der Waals surface area contributed by atoms with E-state index < -0.39 is 0 Å². The second-order valence-electron chi connectivity index (χ2n) is 1.28. The quantitative estimate of drug-likeness (QED) is 0.298. The van der Waals surface area contributed by atoms with E-state index in [1.165, 1.54) is 0 Å². The smallest absolute Gasteiger partial charge is 0.207 e. The van der Waals surface area contributed by atoms with Gasteiger partial charge < -0.3 is 23.5 Å². The summed E-state index contributed by atoms with van der Waals surface area (Å²) >= 11 is 0. The molecule has 0 aromatic heterocycles. The molecule has 0 spiro atoms. The van der Waals surface area contributed by atoms with Gasteiger partial charge in [0.2, 0.25) is 6.41 Å². The maximum Gasteiger partial charge on any atom is 0.207 e. The number of carbonyl (C=O) groups is 1. The van der Waals surface area contributed by atoms with Gasteiger partial charge in [0.15, 0.2) is 0 Å². The molecule has 0 aliphatic carbocycles. The molecule has 0 aromatic rings. The second kappa shape index (κ2) is 9.87. The van der Waals surface area contributed by atoms with Crippen LogP contribution in [0.2, 0.25) is 0 Å². The molecule has 50 valence electrons. The lowest BCUT2D eigenvalue weighted by Gasteiger charge is -1.89. The van der Waals surface area contributed by atoms with E-state index in [4.69, 9.17) is 0 Å². The van der Waals surface area contributed by atoms with Gasteiger partial charge in [-0.05, 0) is 0 Å². The van der Waals surface area contributed by atoms with Crippen LogP contribution in [-0.2, 0) is 4.79 Å². The van der Waals surface area contributed by atoms with E-state index in [0.29, 0.717) is 6.41 Å². The molecule has 4 N–H and O–H groups in total. The van der Waals surface area contributed by atoms with Gasteiger partial charge >= 0.3 is 0 Å². The first-order chi connectivity index (χ1) is 3.41. The van der Waals surface area contributed by atoms with Crippen molar-refractivity contribution in [2.24, 2.45) is 0 Å². The van der Waals surface area contributed by atoms with Crippen LogP contribution in [0.1, 0.15) is 6.42 Å². The van der Waals surface area contributed by atoms with Gasteiger partial charge in [0, 0.05) is 13.0 Å². The molecule has 0 aliphatic rings. The number of rotatable bonds is 4. The van der Waals surface area contributed by atoms with Crippen LogP contribution in [0, 0.1) is 0 Å². The van der Waals surface area contributed by atoms with Crippen LogP contribution in [0.4, 0.5) is 0 Å². The largest absolute Gasteiger partial charge is 1.00 e. The van der Waals surface area contributed by atoms with Crippen molar-refractivity contribution in [3.8, 4) is 0 Å². The topological polar surface area (TPSA) is 56.7 Å². The molecule has 0 radical (unpaired) electrons. The molecule has 4 heteroatoms. The first-order valence-electron chi connectivity index (χ1n) is 2.38. The van der Waals surface area contributed by atoms with Crippen molar-refractivity contribution in [3.63, 3.8) is 0 Å². The minimum Gasteiger partial charge on any atom is -1.00 e. The Morgan fingerprint density at radius 3 is 2.62 bits per heavy atom. The third kappa shape index (κ3) is 9.21. The van der Waals surface area contributed by atoms with E-state index in [-0.39, 0.29) is 12.4 Å². The zero-order valence-electron chi connectivity index (χ0n) is 4.69. The van der Waals surface area contributed by atoms with Gasteiger partial charge in [-0.15, -0.1) is 0 Å². The van der Waals surface area contributed by atoms with E-state index >= 15 is 0 Å². The molecule has 0 bridgehead atoms. The summed E-state index contributed by atoms with van der Waals surface area (Å²) in [5.41, 5.74) is 3.60. The molecular formula is C4H11ClN2O. The van der Waals surface area contributed by atoms with Gasteiger partial charge in [0.25, 0.3) is 0 Å². The Balaban J connectivity index is 0. The van der Waals surface area contributed by atoms with Crippen molar-refractivity contribution in [1.82, 2.24) is 5.32 Å². The normalized spacial score (nSPS) is 7.12. The number of hydrogen-bond donors (Lipinski definition) is 2. The zero-order chi connectivity index (χ0) is 5.54. The number of halogens is 1. The highest BCUT2D eigenvalue weighted by Crippen LogP contribution is 1.61. The van der Waals surface area contributed by atoms with Gasteiger partial charge in [-0.1, -0.05) is 0 Å². The number of carbonyl (C=O) groups excluding carboxylic acids is 1. The Labute approximate surface area is 55.0 Å². The molecular weight excluding hydrogens is 128 g/mol. The number of amides is 1. The van der Waals surface area contributed by atoms with Crippen molar-refractivity contribution in [3.05, 3.63) is 0 Å². The maximum atomic E-state index is 9.55. The summed E-state index contributed by atoms with van der Waals surface area (Å²) in [5, 5.41) is 2.53. The first kappa shape index (κ1) is 10.7. The first-order valence-corrected chi connectivity index (χ1v) is 2.38. The molecule has 0 aliphatic heterocycles. The van der Waals surface area contributed by atoms with Gasteiger partial charge in [-0.2, -0.15) is 0 Å². The highest BCUT2D eigenvalue weighted by atomic mass is 35.5. The molecule has 0 atom stereocenters. The summed E-state index contributed by atoms with van der Waals surface area (Å²) in [6.07, 6.45) is 1.67. The molecule has 0 rings (SSSR count). The van der Waals surface area contributed by atoms with Crippen LogP contribution >= 0.6 is 0 Å². The molecule has 1 amide bonds. The monoisotopic (exact) mass is 138 g/mol. The standard InChI is InChI=1S/C4H10N2O.ClH/c5-2-1-3-6-4-7;/h4H,1-3,5H2,(H,6,7);1H. The lowest BCUT2D eigenvalue weighted by atomic mass is 10.4. The van der Waals surface area contributed by atoms with E-state index in [0.717, 1.165) is 19.5 Å². The van der Waals surface area contributed by atoms with Crippen LogP contribution in [0.25, 0.3) is 0 Å². The Hall–Kier alpha value is -0.280. The van der Waals surface area contributed by atoms with Crippen LogP contribution < -0.4 is 23.5 Å². The summed E-state index contributed by atoms with van der Waals surface area (Å²) in [4.78, 5) is 9.55. The molecule has 0 unspecified atom stereocenters. The van der Waals surface area contributed by atoms with Gasteiger partial charge in [0.1, 0.15) is 0 Å². The Bertz CT molecular complexity index is 51.3. The summed E-state index contributed by atoms with van der Waals surface area (Å²) in [6, 6.07) is 0. The number of quaternary nitrogens is 1. The summed E-state index contributed by atoms with van der Waals surface area (Å²) in [6.45, 7) is 1.65. The fourth-order valence-corrected chi connectivity index (χ4v) is 0.286. The predicted molar refractivity (Wildman–Crippen MR) is 26.4 cm³/mol. The van der Waals surface area contributed by atoms with E-state index in [1.807, 2.05) is 0 Å². The van der Waals surface area contributed by atoms with Crippen LogP contribution in [0.3, 0.4) is 0 Å². The van der Waals surface area contributed by atoms with Gasteiger partial charge in [-0.25, -0.2) is 0 Å². The minimum absolute atomic E-state index is 0. The second-order valence-corrected chi connectivity index (χ2v) is 1.28. The van der Waals surface area contributed by atoms with Crippen molar-refractivity contribution in [2.75, 3.05) is 13.1 Å². The highest BCUT2D eigenvalue weighted by Gasteiger charge is 1.79. The van der Waals surface area contributed by atoms with Crippen LogP contribution in [0.5, 0.6) is 0 Å². The summed E-state index contributed by atoms with van der Waals surface area (Å²) in [7, 11) is 0. The van der Waals surface area contributed by atoms with Gasteiger partial charge in [-0.3, -0.25) is 4.79 Å². The molecule has 0 saturated heterocycles. The SMILES string of the molecule is [Cl-].[NH3+]CCCNC=O. The van der Waals surface area contributed by atoms with Crippen LogP contribution in [0.15, 0.2) is 0 Å². The fourth-order valence-electron chi connectivity index (χ4n) is 0.286. The molecule has 3 nitrogen and oxygen atoms in total. The minimum atomic E-state index is 0. The lowest BCUT2D eigenvalue weighted by molar-refractivity contribution is -0.367. The molecule has 0 fully saturated rings. The van der Waals surface area contributed by atoms with Crippen LogP contribution in [-0.4, -0.2) is 19.5 Å². The Morgan fingerprint density at radius 2 is 2.25 bits per heavy atom. The summed E-state index contributed by atoms with van der Waals surface area (Å²) in [5.74, 6) is 0.